The Morgan fingerprint density at radius 3 is 2.14 bits per heavy atom. The standard InChI is InChI=1S/C21H25ClN2O3S/c22-18-7-9-19(10-8-18)28(26,27)24-15-21(11-1-2-12-21)14-17-5-3-16(4-6-17)13-20(23)25/h3-10,24H,1-2,11-15H2,(H2,23,25). The van der Waals surface area contributed by atoms with Gasteiger partial charge in [0.15, 0.2) is 0 Å². The minimum absolute atomic E-state index is 0.0926. The molecule has 0 aliphatic heterocycles. The van der Waals surface area contributed by atoms with Crippen LogP contribution in [0.5, 0.6) is 0 Å². The Kier molecular flexibility index (Phi) is 6.43. The summed E-state index contributed by atoms with van der Waals surface area (Å²) in [4.78, 5) is 11.3. The number of primary amides is 1. The third-order valence-corrected chi connectivity index (χ3v) is 7.07. The molecule has 2 aromatic carbocycles. The van der Waals surface area contributed by atoms with Crippen LogP contribution in [0.25, 0.3) is 0 Å². The van der Waals surface area contributed by atoms with Crippen LogP contribution >= 0.6 is 11.6 Å². The monoisotopic (exact) mass is 420 g/mol. The lowest BCUT2D eigenvalue weighted by molar-refractivity contribution is -0.117. The molecule has 1 saturated carbocycles. The van der Waals surface area contributed by atoms with Crippen molar-refractivity contribution in [1.82, 2.24) is 4.72 Å². The van der Waals surface area contributed by atoms with Gasteiger partial charge in [0.05, 0.1) is 11.3 Å². The maximum atomic E-state index is 12.6. The summed E-state index contributed by atoms with van der Waals surface area (Å²) in [5, 5.41) is 0.506. The summed E-state index contributed by atoms with van der Waals surface area (Å²) in [6.07, 6.45) is 5.20. The number of benzene rings is 2. The van der Waals surface area contributed by atoms with Gasteiger partial charge in [0.1, 0.15) is 0 Å². The molecule has 2 aromatic rings. The molecule has 1 aliphatic rings. The van der Waals surface area contributed by atoms with Crippen molar-refractivity contribution in [2.45, 2.75) is 43.4 Å². The SMILES string of the molecule is NC(=O)Cc1ccc(CC2(CNS(=O)(=O)c3ccc(Cl)cc3)CCCC2)cc1. The smallest absolute Gasteiger partial charge is 0.240 e. The van der Waals surface area contributed by atoms with E-state index < -0.39 is 10.0 Å². The zero-order valence-electron chi connectivity index (χ0n) is 15.7. The van der Waals surface area contributed by atoms with Gasteiger partial charge in [0.2, 0.25) is 15.9 Å². The number of carbonyl (C=O) groups is 1. The maximum Gasteiger partial charge on any atom is 0.240 e. The van der Waals surface area contributed by atoms with Gasteiger partial charge in [-0.25, -0.2) is 13.1 Å². The van der Waals surface area contributed by atoms with Crippen LogP contribution in [0.1, 0.15) is 36.8 Å². The van der Waals surface area contributed by atoms with E-state index in [4.69, 9.17) is 17.3 Å². The first-order valence-electron chi connectivity index (χ1n) is 9.39. The van der Waals surface area contributed by atoms with Gasteiger partial charge in [-0.2, -0.15) is 0 Å². The number of nitrogens with one attached hydrogen (secondary N) is 1. The van der Waals surface area contributed by atoms with Crippen LogP contribution in [0, 0.1) is 5.41 Å². The van der Waals surface area contributed by atoms with E-state index in [1.54, 1.807) is 12.1 Å². The molecule has 0 saturated heterocycles. The van der Waals surface area contributed by atoms with Crippen LogP contribution in [0.2, 0.25) is 5.02 Å². The van der Waals surface area contributed by atoms with E-state index in [1.807, 2.05) is 24.3 Å². The lowest BCUT2D eigenvalue weighted by Gasteiger charge is -2.29. The summed E-state index contributed by atoms with van der Waals surface area (Å²) in [6, 6.07) is 14.0. The van der Waals surface area contributed by atoms with Crippen molar-refractivity contribution in [3.63, 3.8) is 0 Å². The molecule has 3 rings (SSSR count). The van der Waals surface area contributed by atoms with E-state index in [0.717, 1.165) is 43.2 Å². The molecule has 1 amide bonds. The fourth-order valence-electron chi connectivity index (χ4n) is 3.90. The normalized spacial score (nSPS) is 16.2. The largest absolute Gasteiger partial charge is 0.369 e. The van der Waals surface area contributed by atoms with Crippen molar-refractivity contribution in [2.24, 2.45) is 11.1 Å². The number of rotatable bonds is 8. The molecule has 1 aliphatic carbocycles. The summed E-state index contributed by atoms with van der Waals surface area (Å²) in [5.41, 5.74) is 7.18. The minimum Gasteiger partial charge on any atom is -0.369 e. The summed E-state index contributed by atoms with van der Waals surface area (Å²) in [7, 11) is -3.58. The molecule has 0 radical (unpaired) electrons. The third kappa shape index (κ3) is 5.34. The Labute approximate surface area is 171 Å². The highest BCUT2D eigenvalue weighted by molar-refractivity contribution is 7.89. The van der Waals surface area contributed by atoms with Gasteiger partial charge >= 0.3 is 0 Å². The molecule has 0 aromatic heterocycles. The van der Waals surface area contributed by atoms with E-state index in [2.05, 4.69) is 4.72 Å². The molecule has 0 unspecified atom stereocenters. The van der Waals surface area contributed by atoms with Gasteiger partial charge in [-0.05, 0) is 60.1 Å². The number of halogens is 1. The van der Waals surface area contributed by atoms with Crippen LogP contribution < -0.4 is 10.5 Å². The van der Waals surface area contributed by atoms with Gasteiger partial charge in [0, 0.05) is 11.6 Å². The zero-order chi connectivity index (χ0) is 20.2. The predicted octanol–water partition coefficient (Wildman–Crippen LogP) is 3.45. The van der Waals surface area contributed by atoms with Crippen LogP contribution in [-0.2, 0) is 27.7 Å². The fraction of sp³-hybridized carbons (Fsp3) is 0.381. The summed E-state index contributed by atoms with van der Waals surface area (Å²) < 4.78 is 28.1. The highest BCUT2D eigenvalue weighted by Crippen LogP contribution is 2.40. The number of nitrogens with two attached hydrogens (primary N) is 1. The van der Waals surface area contributed by atoms with Gasteiger partial charge in [-0.3, -0.25) is 4.79 Å². The Bertz CT molecular complexity index is 919. The van der Waals surface area contributed by atoms with E-state index in [9.17, 15) is 13.2 Å². The molecule has 150 valence electrons. The van der Waals surface area contributed by atoms with Crippen LogP contribution in [0.15, 0.2) is 53.4 Å². The first-order valence-corrected chi connectivity index (χ1v) is 11.3. The summed E-state index contributed by atoms with van der Waals surface area (Å²) in [5.74, 6) is -0.350. The highest BCUT2D eigenvalue weighted by atomic mass is 35.5. The van der Waals surface area contributed by atoms with Crippen molar-refractivity contribution in [3.05, 3.63) is 64.7 Å². The van der Waals surface area contributed by atoms with Crippen molar-refractivity contribution in [2.75, 3.05) is 6.54 Å². The summed E-state index contributed by atoms with van der Waals surface area (Å²) in [6.45, 7) is 0.404. The van der Waals surface area contributed by atoms with Crippen molar-refractivity contribution < 1.29 is 13.2 Å². The molecule has 28 heavy (non-hydrogen) atoms. The molecule has 5 nitrogen and oxygen atoms in total. The number of carbonyl (C=O) groups excluding carboxylic acids is 1. The van der Waals surface area contributed by atoms with Crippen molar-refractivity contribution in [3.8, 4) is 0 Å². The fourth-order valence-corrected chi connectivity index (χ4v) is 5.18. The second kappa shape index (κ2) is 8.64. The molecule has 0 bridgehead atoms. The van der Waals surface area contributed by atoms with Crippen LogP contribution in [0.4, 0.5) is 0 Å². The quantitative estimate of drug-likeness (QED) is 0.685. The Morgan fingerprint density at radius 1 is 1.00 bits per heavy atom. The summed E-state index contributed by atoms with van der Waals surface area (Å²) >= 11 is 5.85. The lowest BCUT2D eigenvalue weighted by Crippen LogP contribution is -2.37. The van der Waals surface area contributed by atoms with Crippen molar-refractivity contribution >= 4 is 27.5 Å². The number of amides is 1. The Hall–Kier alpha value is -1.89. The van der Waals surface area contributed by atoms with Gasteiger partial charge in [-0.1, -0.05) is 48.7 Å². The van der Waals surface area contributed by atoms with E-state index in [-0.39, 0.29) is 22.6 Å². The Balaban J connectivity index is 1.70. The molecule has 7 heteroatoms. The molecular formula is C21H25ClN2O3S. The lowest BCUT2D eigenvalue weighted by atomic mass is 9.80. The van der Waals surface area contributed by atoms with Crippen molar-refractivity contribution in [1.29, 1.82) is 0 Å². The first-order chi connectivity index (χ1) is 13.3. The van der Waals surface area contributed by atoms with E-state index in [0.29, 0.717) is 11.6 Å². The molecule has 1 fully saturated rings. The first kappa shape index (κ1) is 20.8. The minimum atomic E-state index is -3.58. The van der Waals surface area contributed by atoms with Gasteiger partial charge < -0.3 is 5.73 Å². The van der Waals surface area contributed by atoms with E-state index in [1.165, 1.54) is 12.1 Å². The average molecular weight is 421 g/mol. The van der Waals surface area contributed by atoms with Crippen LogP contribution in [-0.4, -0.2) is 20.9 Å². The van der Waals surface area contributed by atoms with Crippen LogP contribution in [0.3, 0.4) is 0 Å². The number of sulfonamides is 1. The molecule has 0 spiro atoms. The third-order valence-electron chi connectivity index (χ3n) is 5.41. The maximum absolute atomic E-state index is 12.6. The average Bonchev–Trinajstić information content (AvgIpc) is 3.11. The second-order valence-electron chi connectivity index (χ2n) is 7.62. The number of hydrogen-bond acceptors (Lipinski definition) is 3. The Morgan fingerprint density at radius 2 is 1.57 bits per heavy atom. The zero-order valence-corrected chi connectivity index (χ0v) is 17.2. The van der Waals surface area contributed by atoms with E-state index >= 15 is 0 Å². The predicted molar refractivity (Wildman–Crippen MR) is 111 cm³/mol. The highest BCUT2D eigenvalue weighted by Gasteiger charge is 2.35. The molecule has 0 heterocycles. The van der Waals surface area contributed by atoms with Gasteiger partial charge in [-0.15, -0.1) is 0 Å². The second-order valence-corrected chi connectivity index (χ2v) is 9.83. The van der Waals surface area contributed by atoms with Gasteiger partial charge in [0.25, 0.3) is 0 Å². The molecular weight excluding hydrogens is 396 g/mol. The molecule has 3 N–H and O–H groups in total. The number of hydrogen-bond donors (Lipinski definition) is 2. The molecule has 0 atom stereocenters. The topological polar surface area (TPSA) is 89.3 Å².